The van der Waals surface area contributed by atoms with Gasteiger partial charge < -0.3 is 10.0 Å². The van der Waals surface area contributed by atoms with Crippen molar-refractivity contribution in [2.75, 3.05) is 11.9 Å². The summed E-state index contributed by atoms with van der Waals surface area (Å²) in [5, 5.41) is 12.2. The second kappa shape index (κ2) is 8.56. The van der Waals surface area contributed by atoms with Gasteiger partial charge in [-0.2, -0.15) is 0 Å². The van der Waals surface area contributed by atoms with Crippen LogP contribution in [0, 0.1) is 0 Å². The number of fused-ring (bicyclic) bond motifs is 1. The first-order chi connectivity index (χ1) is 15.7. The number of phenols is 1. The van der Waals surface area contributed by atoms with Crippen LogP contribution in [0.25, 0.3) is 33.2 Å². The van der Waals surface area contributed by atoms with Gasteiger partial charge in [0.2, 0.25) is 0 Å². The minimum absolute atomic E-state index is 0.251. The van der Waals surface area contributed by atoms with Gasteiger partial charge in [0, 0.05) is 19.2 Å². The Morgan fingerprint density at radius 2 is 1.41 bits per heavy atom. The van der Waals surface area contributed by atoms with Gasteiger partial charge in [-0.05, 0) is 63.9 Å². The predicted molar refractivity (Wildman–Crippen MR) is 133 cm³/mol. The van der Waals surface area contributed by atoms with E-state index in [1.807, 2.05) is 18.2 Å². The van der Waals surface area contributed by atoms with Crippen LogP contribution in [0.5, 0.6) is 5.75 Å². The monoisotopic (exact) mass is 416 g/mol. The van der Waals surface area contributed by atoms with Gasteiger partial charge in [0.05, 0.1) is 5.69 Å². The van der Waals surface area contributed by atoms with Crippen molar-refractivity contribution in [3.05, 3.63) is 115 Å². The lowest BCUT2D eigenvalue weighted by Gasteiger charge is -2.21. The molecular weight excluding hydrogens is 392 g/mol. The molecule has 0 spiro atoms. The highest BCUT2D eigenvalue weighted by molar-refractivity contribution is 5.86. The lowest BCUT2D eigenvalue weighted by Crippen LogP contribution is -2.18. The number of pyridine rings is 1. The molecule has 0 aliphatic heterocycles. The Morgan fingerprint density at radius 3 is 2.22 bits per heavy atom. The quantitative estimate of drug-likeness (QED) is 0.338. The molecule has 0 bridgehead atoms. The fraction of sp³-hybridized carbons (Fsp3) is 0.0690. The van der Waals surface area contributed by atoms with Crippen LogP contribution in [0.2, 0.25) is 0 Å². The molecule has 1 heterocycles. The van der Waals surface area contributed by atoms with Crippen LogP contribution < -0.4 is 4.90 Å². The molecule has 0 amide bonds. The minimum atomic E-state index is 0.251. The molecule has 0 aliphatic carbocycles. The van der Waals surface area contributed by atoms with Crippen LogP contribution >= 0.6 is 0 Å². The van der Waals surface area contributed by atoms with Crippen molar-refractivity contribution in [2.24, 2.45) is 0 Å². The van der Waals surface area contributed by atoms with Crippen LogP contribution in [0.15, 0.2) is 109 Å². The summed E-state index contributed by atoms with van der Waals surface area (Å²) in [6, 6.07) is 36.7. The molecule has 32 heavy (non-hydrogen) atoms. The molecule has 5 rings (SSSR count). The Labute approximate surface area is 188 Å². The lowest BCUT2D eigenvalue weighted by atomic mass is 10.0. The molecule has 0 saturated heterocycles. The Morgan fingerprint density at radius 1 is 0.688 bits per heavy atom. The second-order valence-corrected chi connectivity index (χ2v) is 8.01. The van der Waals surface area contributed by atoms with Gasteiger partial charge in [-0.25, -0.2) is 4.98 Å². The van der Waals surface area contributed by atoms with Crippen LogP contribution in [-0.2, 0) is 6.54 Å². The molecule has 5 aromatic rings. The second-order valence-electron chi connectivity index (χ2n) is 8.01. The van der Waals surface area contributed by atoms with Crippen molar-refractivity contribution in [3.8, 4) is 28.1 Å². The number of phenolic OH excluding ortho intramolecular Hbond substituents is 1. The predicted octanol–water partition coefficient (Wildman–Crippen LogP) is 6.91. The molecule has 0 aliphatic rings. The molecule has 3 nitrogen and oxygen atoms in total. The number of hydrogen-bond acceptors (Lipinski definition) is 3. The highest BCUT2D eigenvalue weighted by atomic mass is 16.3. The van der Waals surface area contributed by atoms with E-state index in [0.717, 1.165) is 34.7 Å². The lowest BCUT2D eigenvalue weighted by molar-refractivity contribution is 0.475. The standard InChI is InChI=1S/C29H24N2O/c1-31(20-24-12-7-11-22-10-5-6-13-27(22)24)29-19-25(21-8-3-2-4-9-21)18-28(30-29)23-14-16-26(32)17-15-23/h2-19,32H,20H2,1H3. The SMILES string of the molecule is CN(Cc1cccc2ccccc12)c1cc(-c2ccccc2)cc(-c2ccc(O)cc2)n1. The fourth-order valence-electron chi connectivity index (χ4n) is 4.06. The number of anilines is 1. The van der Waals surface area contributed by atoms with Crippen molar-refractivity contribution >= 4 is 16.6 Å². The van der Waals surface area contributed by atoms with Gasteiger partial charge >= 0.3 is 0 Å². The molecule has 156 valence electrons. The summed E-state index contributed by atoms with van der Waals surface area (Å²) in [7, 11) is 2.08. The van der Waals surface area contributed by atoms with Crippen molar-refractivity contribution in [1.29, 1.82) is 0 Å². The van der Waals surface area contributed by atoms with Gasteiger partial charge in [-0.3, -0.25) is 0 Å². The van der Waals surface area contributed by atoms with E-state index in [1.165, 1.54) is 16.3 Å². The van der Waals surface area contributed by atoms with Crippen molar-refractivity contribution in [2.45, 2.75) is 6.54 Å². The van der Waals surface area contributed by atoms with Crippen molar-refractivity contribution in [1.82, 2.24) is 4.98 Å². The number of benzene rings is 4. The average molecular weight is 417 g/mol. The van der Waals surface area contributed by atoms with E-state index in [-0.39, 0.29) is 5.75 Å². The van der Waals surface area contributed by atoms with Gasteiger partial charge in [-0.1, -0.05) is 72.8 Å². The minimum Gasteiger partial charge on any atom is -0.508 e. The Hall–Kier alpha value is -4.11. The summed E-state index contributed by atoms with van der Waals surface area (Å²) >= 11 is 0. The molecule has 0 unspecified atom stereocenters. The van der Waals surface area contributed by atoms with E-state index >= 15 is 0 Å². The van der Waals surface area contributed by atoms with Gasteiger partial charge in [-0.15, -0.1) is 0 Å². The van der Waals surface area contributed by atoms with Crippen LogP contribution in [0.3, 0.4) is 0 Å². The largest absolute Gasteiger partial charge is 0.508 e. The fourth-order valence-corrected chi connectivity index (χ4v) is 4.06. The Bertz CT molecular complexity index is 1360. The van der Waals surface area contributed by atoms with Crippen molar-refractivity contribution < 1.29 is 5.11 Å². The molecule has 0 radical (unpaired) electrons. The zero-order valence-corrected chi connectivity index (χ0v) is 17.9. The van der Waals surface area contributed by atoms with E-state index in [4.69, 9.17) is 4.98 Å². The molecule has 1 aromatic heterocycles. The first-order valence-electron chi connectivity index (χ1n) is 10.7. The molecule has 4 aromatic carbocycles. The summed E-state index contributed by atoms with van der Waals surface area (Å²) in [6.45, 7) is 0.752. The Balaban J connectivity index is 1.57. The van der Waals surface area contributed by atoms with Crippen LogP contribution in [-0.4, -0.2) is 17.1 Å². The van der Waals surface area contributed by atoms with Gasteiger partial charge in [0.25, 0.3) is 0 Å². The number of hydrogen-bond donors (Lipinski definition) is 1. The Kier molecular flexibility index (Phi) is 5.30. The highest BCUT2D eigenvalue weighted by Gasteiger charge is 2.12. The first kappa shape index (κ1) is 19.8. The summed E-state index contributed by atoms with van der Waals surface area (Å²) in [5.74, 6) is 1.16. The number of rotatable bonds is 5. The number of aromatic nitrogens is 1. The smallest absolute Gasteiger partial charge is 0.129 e. The van der Waals surface area contributed by atoms with E-state index in [2.05, 4.69) is 90.8 Å². The topological polar surface area (TPSA) is 36.4 Å². The van der Waals surface area contributed by atoms with E-state index in [9.17, 15) is 5.11 Å². The summed E-state index contributed by atoms with van der Waals surface area (Å²) in [5.41, 5.74) is 5.38. The third-order valence-electron chi connectivity index (χ3n) is 5.76. The zero-order valence-electron chi connectivity index (χ0n) is 17.9. The first-order valence-corrected chi connectivity index (χ1v) is 10.7. The number of aromatic hydroxyl groups is 1. The summed E-state index contributed by atoms with van der Waals surface area (Å²) in [6.07, 6.45) is 0. The maximum absolute atomic E-state index is 9.70. The summed E-state index contributed by atoms with van der Waals surface area (Å²) in [4.78, 5) is 7.17. The van der Waals surface area contributed by atoms with E-state index in [1.54, 1.807) is 12.1 Å². The van der Waals surface area contributed by atoms with Crippen LogP contribution in [0.4, 0.5) is 5.82 Å². The van der Waals surface area contributed by atoms with Crippen LogP contribution in [0.1, 0.15) is 5.56 Å². The molecule has 3 heteroatoms. The molecule has 0 saturated carbocycles. The normalized spacial score (nSPS) is 10.9. The molecule has 0 atom stereocenters. The van der Waals surface area contributed by atoms with Gasteiger partial charge in [0.15, 0.2) is 0 Å². The van der Waals surface area contributed by atoms with E-state index in [0.29, 0.717) is 0 Å². The molecular formula is C29H24N2O. The van der Waals surface area contributed by atoms with Crippen molar-refractivity contribution in [3.63, 3.8) is 0 Å². The molecule has 0 fully saturated rings. The van der Waals surface area contributed by atoms with Gasteiger partial charge in [0.1, 0.15) is 11.6 Å². The maximum atomic E-state index is 9.70. The zero-order chi connectivity index (χ0) is 21.9. The average Bonchev–Trinajstić information content (AvgIpc) is 2.85. The van der Waals surface area contributed by atoms with E-state index < -0.39 is 0 Å². The maximum Gasteiger partial charge on any atom is 0.129 e. The molecule has 1 N–H and O–H groups in total. The summed E-state index contributed by atoms with van der Waals surface area (Å²) < 4.78 is 0. The third-order valence-corrected chi connectivity index (χ3v) is 5.76. The highest BCUT2D eigenvalue weighted by Crippen LogP contribution is 2.30. The third kappa shape index (κ3) is 4.06. The number of nitrogens with zero attached hydrogens (tertiary/aromatic N) is 2.